The van der Waals surface area contributed by atoms with Crippen molar-refractivity contribution in [3.8, 4) is 11.8 Å². The Morgan fingerprint density at radius 2 is 1.94 bits per heavy atom. The van der Waals surface area contributed by atoms with Gasteiger partial charge in [-0.05, 0) is 38.1 Å². The molecule has 3 nitrogen and oxygen atoms in total. The Labute approximate surface area is 103 Å². The van der Waals surface area contributed by atoms with E-state index in [1.165, 1.54) is 0 Å². The lowest BCUT2D eigenvalue weighted by Gasteiger charge is -2.21. The second kappa shape index (κ2) is 6.07. The minimum Gasteiger partial charge on any atom is -0.339 e. The molecule has 0 unspecified atom stereocenters. The highest BCUT2D eigenvalue weighted by atomic mass is 16.2. The third-order valence-corrected chi connectivity index (χ3v) is 2.56. The van der Waals surface area contributed by atoms with E-state index in [1.807, 2.05) is 26.0 Å². The highest BCUT2D eigenvalue weighted by molar-refractivity contribution is 5.94. The molecule has 0 aliphatic rings. The summed E-state index contributed by atoms with van der Waals surface area (Å²) in [5.41, 5.74) is 6.85. The van der Waals surface area contributed by atoms with Gasteiger partial charge in [-0.15, -0.1) is 0 Å². The van der Waals surface area contributed by atoms with E-state index < -0.39 is 0 Å². The molecule has 3 heteroatoms. The molecule has 0 fully saturated rings. The van der Waals surface area contributed by atoms with Gasteiger partial charge in [0.2, 0.25) is 0 Å². The third kappa shape index (κ3) is 3.61. The maximum atomic E-state index is 12.0. The average molecular weight is 230 g/mol. The van der Waals surface area contributed by atoms with Crippen molar-refractivity contribution in [3.05, 3.63) is 35.4 Å². The lowest BCUT2D eigenvalue weighted by atomic mass is 10.1. The Bertz CT molecular complexity index is 438. The topological polar surface area (TPSA) is 46.3 Å². The van der Waals surface area contributed by atoms with Crippen molar-refractivity contribution in [1.82, 2.24) is 4.90 Å². The zero-order chi connectivity index (χ0) is 12.8. The van der Waals surface area contributed by atoms with Crippen LogP contribution in [0.5, 0.6) is 0 Å². The predicted molar refractivity (Wildman–Crippen MR) is 69.6 cm³/mol. The zero-order valence-corrected chi connectivity index (χ0v) is 10.5. The van der Waals surface area contributed by atoms with Gasteiger partial charge in [-0.25, -0.2) is 0 Å². The molecule has 0 spiro atoms. The van der Waals surface area contributed by atoms with Crippen LogP contribution in [0.2, 0.25) is 0 Å². The van der Waals surface area contributed by atoms with Gasteiger partial charge in [0.1, 0.15) is 0 Å². The summed E-state index contributed by atoms with van der Waals surface area (Å²) in [4.78, 5) is 13.7. The minimum absolute atomic E-state index is 0.0262. The standard InChI is InChI=1S/C14H18N2O/c1-11(2)16(3)14(17)13-8-6-12(7-9-13)5-4-10-15/h6-9,11H,10,15H2,1-3H3. The van der Waals surface area contributed by atoms with Crippen LogP contribution < -0.4 is 5.73 Å². The predicted octanol–water partition coefficient (Wildman–Crippen LogP) is 1.48. The van der Waals surface area contributed by atoms with Crippen LogP contribution in [-0.2, 0) is 0 Å². The Balaban J connectivity index is 2.84. The monoisotopic (exact) mass is 230 g/mol. The van der Waals surface area contributed by atoms with E-state index >= 15 is 0 Å². The fourth-order valence-corrected chi connectivity index (χ4v) is 1.29. The number of hydrogen-bond acceptors (Lipinski definition) is 2. The van der Waals surface area contributed by atoms with E-state index in [4.69, 9.17) is 5.73 Å². The number of hydrogen-bond donors (Lipinski definition) is 1. The van der Waals surface area contributed by atoms with Crippen LogP contribution in [0.25, 0.3) is 0 Å². The molecule has 0 aliphatic heterocycles. The summed E-state index contributed by atoms with van der Waals surface area (Å²) in [7, 11) is 1.80. The van der Waals surface area contributed by atoms with E-state index in [1.54, 1.807) is 24.1 Å². The highest BCUT2D eigenvalue weighted by Gasteiger charge is 2.13. The van der Waals surface area contributed by atoms with Gasteiger partial charge in [0.25, 0.3) is 5.91 Å². The molecule has 90 valence electrons. The van der Waals surface area contributed by atoms with Crippen LogP contribution in [0, 0.1) is 11.8 Å². The molecule has 1 aromatic carbocycles. The Hall–Kier alpha value is -1.79. The summed E-state index contributed by atoms with van der Waals surface area (Å²) in [6.07, 6.45) is 0. The molecular weight excluding hydrogens is 212 g/mol. The Kier molecular flexibility index (Phi) is 4.74. The van der Waals surface area contributed by atoms with E-state index in [9.17, 15) is 4.79 Å². The van der Waals surface area contributed by atoms with Gasteiger partial charge in [-0.3, -0.25) is 4.79 Å². The number of nitrogens with zero attached hydrogens (tertiary/aromatic N) is 1. The van der Waals surface area contributed by atoms with Crippen molar-refractivity contribution < 1.29 is 4.79 Å². The first-order chi connectivity index (χ1) is 8.06. The lowest BCUT2D eigenvalue weighted by Crippen LogP contribution is -2.32. The number of amides is 1. The van der Waals surface area contributed by atoms with Crippen molar-refractivity contribution >= 4 is 5.91 Å². The Morgan fingerprint density at radius 3 is 2.41 bits per heavy atom. The summed E-state index contributed by atoms with van der Waals surface area (Å²) in [6, 6.07) is 7.46. The van der Waals surface area contributed by atoms with Gasteiger partial charge in [-0.1, -0.05) is 11.8 Å². The van der Waals surface area contributed by atoms with Gasteiger partial charge in [-0.2, -0.15) is 0 Å². The van der Waals surface area contributed by atoms with Gasteiger partial charge in [0, 0.05) is 24.2 Å². The van der Waals surface area contributed by atoms with E-state index in [0.29, 0.717) is 12.1 Å². The smallest absolute Gasteiger partial charge is 0.253 e. The summed E-state index contributed by atoms with van der Waals surface area (Å²) >= 11 is 0. The van der Waals surface area contributed by atoms with Crippen molar-refractivity contribution in [2.75, 3.05) is 13.6 Å². The molecule has 0 saturated carbocycles. The largest absolute Gasteiger partial charge is 0.339 e. The zero-order valence-electron chi connectivity index (χ0n) is 10.5. The summed E-state index contributed by atoms with van der Waals surface area (Å²) in [5, 5.41) is 0. The molecule has 0 bridgehead atoms. The number of benzene rings is 1. The second-order valence-electron chi connectivity index (χ2n) is 4.09. The van der Waals surface area contributed by atoms with Gasteiger partial charge in [0.05, 0.1) is 6.54 Å². The lowest BCUT2D eigenvalue weighted by molar-refractivity contribution is 0.0755. The van der Waals surface area contributed by atoms with Gasteiger partial charge in [0.15, 0.2) is 0 Å². The minimum atomic E-state index is 0.0262. The van der Waals surface area contributed by atoms with Crippen LogP contribution in [0.1, 0.15) is 29.8 Å². The summed E-state index contributed by atoms with van der Waals surface area (Å²) in [6.45, 7) is 4.31. The molecule has 0 aromatic heterocycles. The van der Waals surface area contributed by atoms with E-state index in [2.05, 4.69) is 11.8 Å². The van der Waals surface area contributed by atoms with Crippen molar-refractivity contribution in [2.24, 2.45) is 5.73 Å². The SMILES string of the molecule is CC(C)N(C)C(=O)c1ccc(C#CCN)cc1. The maximum Gasteiger partial charge on any atom is 0.253 e. The molecule has 2 N–H and O–H groups in total. The van der Waals surface area contributed by atoms with Crippen molar-refractivity contribution in [2.45, 2.75) is 19.9 Å². The molecular formula is C14H18N2O. The molecule has 0 heterocycles. The van der Waals surface area contributed by atoms with Crippen LogP contribution in [0.3, 0.4) is 0 Å². The van der Waals surface area contributed by atoms with Gasteiger partial charge < -0.3 is 10.6 Å². The fraction of sp³-hybridized carbons (Fsp3) is 0.357. The average Bonchev–Trinajstić information content (AvgIpc) is 2.35. The molecule has 1 rings (SSSR count). The first-order valence-electron chi connectivity index (χ1n) is 5.62. The maximum absolute atomic E-state index is 12.0. The first-order valence-corrected chi connectivity index (χ1v) is 5.62. The summed E-state index contributed by atoms with van der Waals surface area (Å²) in [5.74, 6) is 5.73. The quantitative estimate of drug-likeness (QED) is 0.782. The normalized spacial score (nSPS) is 9.71. The third-order valence-electron chi connectivity index (χ3n) is 2.56. The van der Waals surface area contributed by atoms with Crippen LogP contribution in [0.15, 0.2) is 24.3 Å². The molecule has 0 atom stereocenters. The fourth-order valence-electron chi connectivity index (χ4n) is 1.29. The van der Waals surface area contributed by atoms with Crippen molar-refractivity contribution in [3.63, 3.8) is 0 Å². The number of carbonyl (C=O) groups is 1. The molecule has 17 heavy (non-hydrogen) atoms. The van der Waals surface area contributed by atoms with E-state index in [0.717, 1.165) is 5.56 Å². The van der Waals surface area contributed by atoms with Gasteiger partial charge >= 0.3 is 0 Å². The van der Waals surface area contributed by atoms with Crippen LogP contribution in [-0.4, -0.2) is 30.4 Å². The second-order valence-corrected chi connectivity index (χ2v) is 4.09. The van der Waals surface area contributed by atoms with Crippen LogP contribution >= 0.6 is 0 Å². The van der Waals surface area contributed by atoms with Crippen molar-refractivity contribution in [1.29, 1.82) is 0 Å². The molecule has 1 aromatic rings. The van der Waals surface area contributed by atoms with E-state index in [-0.39, 0.29) is 11.9 Å². The number of nitrogens with two attached hydrogens (primary N) is 1. The molecule has 1 amide bonds. The number of carbonyl (C=O) groups excluding carboxylic acids is 1. The summed E-state index contributed by atoms with van der Waals surface area (Å²) < 4.78 is 0. The molecule has 0 saturated heterocycles. The molecule has 0 radical (unpaired) electrons. The Morgan fingerprint density at radius 1 is 1.35 bits per heavy atom. The number of rotatable bonds is 2. The van der Waals surface area contributed by atoms with Crippen LogP contribution in [0.4, 0.5) is 0 Å². The highest BCUT2D eigenvalue weighted by Crippen LogP contribution is 2.08. The first kappa shape index (κ1) is 13.3. The molecule has 0 aliphatic carbocycles.